The van der Waals surface area contributed by atoms with Gasteiger partial charge in [0.2, 0.25) is 0 Å². The third-order valence-corrected chi connectivity index (χ3v) is 4.65. The lowest BCUT2D eigenvalue weighted by Crippen LogP contribution is -2.08. The third-order valence-electron chi connectivity index (χ3n) is 4.65. The molecule has 108 valence electrons. The highest BCUT2D eigenvalue weighted by atomic mass is 16.7. The maximum absolute atomic E-state index is 10.7. The molecule has 4 nitrogen and oxygen atoms in total. The highest BCUT2D eigenvalue weighted by molar-refractivity contribution is 5.59. The number of hydrogen-bond acceptors (Lipinski definition) is 3. The second-order valence-corrected chi connectivity index (χ2v) is 6.02. The van der Waals surface area contributed by atoms with Crippen molar-refractivity contribution < 1.29 is 14.6 Å². The van der Waals surface area contributed by atoms with Gasteiger partial charge in [-0.1, -0.05) is 31.7 Å². The van der Waals surface area contributed by atoms with E-state index in [2.05, 4.69) is 6.07 Å². The van der Waals surface area contributed by atoms with E-state index in [9.17, 15) is 4.79 Å². The van der Waals surface area contributed by atoms with Crippen LogP contribution in [-0.4, -0.2) is 11.3 Å². The summed E-state index contributed by atoms with van der Waals surface area (Å²) in [5.41, 5.74) is 10.3. The van der Waals surface area contributed by atoms with Crippen molar-refractivity contribution in [3.05, 3.63) is 28.8 Å². The summed E-state index contributed by atoms with van der Waals surface area (Å²) in [5.74, 6) is 0.766. The highest BCUT2D eigenvalue weighted by Crippen LogP contribution is 2.38. The van der Waals surface area contributed by atoms with Crippen molar-refractivity contribution in [2.45, 2.75) is 51.0 Å². The summed E-state index contributed by atoms with van der Waals surface area (Å²) in [5, 5.41) is 8.76. The van der Waals surface area contributed by atoms with Crippen LogP contribution in [-0.2, 0) is 17.6 Å². The molecule has 2 aliphatic rings. The van der Waals surface area contributed by atoms with Gasteiger partial charge in [0.15, 0.2) is 0 Å². The molecule has 1 unspecified atom stereocenters. The van der Waals surface area contributed by atoms with Crippen LogP contribution in [0.4, 0.5) is 10.5 Å². The number of carbonyl (C=O) groups is 1. The molecule has 0 aliphatic heterocycles. The predicted octanol–water partition coefficient (Wildman–Crippen LogP) is 3.68. The van der Waals surface area contributed by atoms with Crippen molar-refractivity contribution in [1.82, 2.24) is 0 Å². The zero-order valence-electron chi connectivity index (χ0n) is 11.6. The van der Waals surface area contributed by atoms with Crippen molar-refractivity contribution in [1.29, 1.82) is 0 Å². The van der Waals surface area contributed by atoms with Crippen LogP contribution in [0.5, 0.6) is 0 Å². The SMILES string of the molecule is Nc1cc2c(cc1CC1CCCC1)CCC2OC(=O)O. The first-order valence-electron chi connectivity index (χ1n) is 7.44. The van der Waals surface area contributed by atoms with Crippen molar-refractivity contribution >= 4 is 11.8 Å². The van der Waals surface area contributed by atoms with Gasteiger partial charge in [-0.25, -0.2) is 4.79 Å². The maximum atomic E-state index is 10.7. The molecule has 0 saturated heterocycles. The first-order chi connectivity index (χ1) is 9.63. The number of benzene rings is 1. The second-order valence-electron chi connectivity index (χ2n) is 6.02. The minimum atomic E-state index is -1.21. The monoisotopic (exact) mass is 275 g/mol. The predicted molar refractivity (Wildman–Crippen MR) is 76.7 cm³/mol. The van der Waals surface area contributed by atoms with Gasteiger partial charge >= 0.3 is 6.16 Å². The van der Waals surface area contributed by atoms with E-state index in [1.54, 1.807) is 0 Å². The van der Waals surface area contributed by atoms with Crippen LogP contribution in [0.25, 0.3) is 0 Å². The lowest BCUT2D eigenvalue weighted by Gasteiger charge is -2.15. The quantitative estimate of drug-likeness (QED) is 0.652. The van der Waals surface area contributed by atoms with E-state index in [0.29, 0.717) is 0 Å². The molecule has 20 heavy (non-hydrogen) atoms. The van der Waals surface area contributed by atoms with E-state index in [1.807, 2.05) is 6.07 Å². The normalized spacial score (nSPS) is 21.9. The summed E-state index contributed by atoms with van der Waals surface area (Å²) < 4.78 is 4.93. The lowest BCUT2D eigenvalue weighted by molar-refractivity contribution is 0.0520. The van der Waals surface area contributed by atoms with E-state index in [4.69, 9.17) is 15.6 Å². The fourth-order valence-corrected chi connectivity index (χ4v) is 3.63. The van der Waals surface area contributed by atoms with E-state index in [-0.39, 0.29) is 6.10 Å². The van der Waals surface area contributed by atoms with E-state index >= 15 is 0 Å². The number of ether oxygens (including phenoxy) is 1. The average Bonchev–Trinajstić information content (AvgIpc) is 3.01. The van der Waals surface area contributed by atoms with E-state index < -0.39 is 6.16 Å². The Labute approximate surface area is 118 Å². The first-order valence-corrected chi connectivity index (χ1v) is 7.44. The van der Waals surface area contributed by atoms with Crippen LogP contribution < -0.4 is 5.73 Å². The number of hydrogen-bond donors (Lipinski definition) is 2. The third kappa shape index (κ3) is 2.60. The minimum absolute atomic E-state index is 0.342. The molecule has 1 atom stereocenters. The number of nitrogen functional groups attached to an aromatic ring is 1. The number of rotatable bonds is 3. The smallest absolute Gasteiger partial charge is 0.450 e. The Bertz CT molecular complexity index is 521. The Morgan fingerprint density at radius 3 is 2.75 bits per heavy atom. The molecule has 0 amide bonds. The van der Waals surface area contributed by atoms with Crippen LogP contribution in [0.3, 0.4) is 0 Å². The largest absolute Gasteiger partial charge is 0.506 e. The molecule has 3 N–H and O–H groups in total. The molecule has 1 fully saturated rings. The number of aryl methyl sites for hydroxylation is 1. The molecule has 0 bridgehead atoms. The van der Waals surface area contributed by atoms with Crippen LogP contribution in [0.15, 0.2) is 12.1 Å². The van der Waals surface area contributed by atoms with Crippen molar-refractivity contribution in [3.63, 3.8) is 0 Å². The van der Waals surface area contributed by atoms with Crippen molar-refractivity contribution in [2.75, 3.05) is 5.73 Å². The average molecular weight is 275 g/mol. The molecule has 4 heteroatoms. The number of carboxylic acid groups (broad SMARTS) is 1. The van der Waals surface area contributed by atoms with Crippen molar-refractivity contribution in [2.24, 2.45) is 5.92 Å². The zero-order valence-corrected chi connectivity index (χ0v) is 11.6. The Balaban J connectivity index is 1.80. The Morgan fingerprint density at radius 2 is 2.05 bits per heavy atom. The van der Waals surface area contributed by atoms with E-state index in [0.717, 1.165) is 36.4 Å². The molecular weight excluding hydrogens is 254 g/mol. The zero-order chi connectivity index (χ0) is 14.1. The number of fused-ring (bicyclic) bond motifs is 1. The summed E-state index contributed by atoms with van der Waals surface area (Å²) in [7, 11) is 0. The van der Waals surface area contributed by atoms with Gasteiger partial charge in [0.25, 0.3) is 0 Å². The number of anilines is 1. The van der Waals surface area contributed by atoms with E-state index in [1.165, 1.54) is 36.8 Å². The lowest BCUT2D eigenvalue weighted by atomic mass is 9.94. The topological polar surface area (TPSA) is 72.5 Å². The number of nitrogens with two attached hydrogens (primary N) is 1. The molecular formula is C16H21NO3. The van der Waals surface area contributed by atoms with Gasteiger partial charge in [-0.05, 0) is 47.9 Å². The van der Waals surface area contributed by atoms with Gasteiger partial charge < -0.3 is 15.6 Å². The summed E-state index contributed by atoms with van der Waals surface area (Å²) in [6.07, 6.45) is 6.40. The van der Waals surface area contributed by atoms with Gasteiger partial charge in [-0.2, -0.15) is 0 Å². The van der Waals surface area contributed by atoms with Gasteiger partial charge in [0.1, 0.15) is 6.10 Å². The summed E-state index contributed by atoms with van der Waals surface area (Å²) in [6.45, 7) is 0. The molecule has 1 saturated carbocycles. The minimum Gasteiger partial charge on any atom is -0.450 e. The van der Waals surface area contributed by atoms with Crippen LogP contribution in [0, 0.1) is 5.92 Å². The fourth-order valence-electron chi connectivity index (χ4n) is 3.63. The van der Waals surface area contributed by atoms with Crippen LogP contribution in [0.1, 0.15) is 54.9 Å². The Hall–Kier alpha value is -1.71. The summed E-state index contributed by atoms with van der Waals surface area (Å²) in [4.78, 5) is 10.7. The Kier molecular flexibility index (Phi) is 3.55. The maximum Gasteiger partial charge on any atom is 0.506 e. The second kappa shape index (κ2) is 5.35. The molecule has 0 radical (unpaired) electrons. The van der Waals surface area contributed by atoms with Gasteiger partial charge in [0.05, 0.1) is 0 Å². The molecule has 3 rings (SSSR count). The van der Waals surface area contributed by atoms with Crippen molar-refractivity contribution in [3.8, 4) is 0 Å². The molecule has 1 aromatic rings. The molecule has 2 aliphatic carbocycles. The molecule has 0 heterocycles. The Morgan fingerprint density at radius 1 is 1.30 bits per heavy atom. The molecule has 0 spiro atoms. The fraction of sp³-hybridized carbons (Fsp3) is 0.562. The standard InChI is InChI=1S/C16H21NO3/c17-14-9-13-11(5-6-15(13)20-16(18)19)8-12(14)7-10-3-1-2-4-10/h8-10,15H,1-7,17H2,(H,18,19). The first kappa shape index (κ1) is 13.3. The van der Waals surface area contributed by atoms with Gasteiger partial charge in [-0.3, -0.25) is 0 Å². The van der Waals surface area contributed by atoms with Gasteiger partial charge in [-0.15, -0.1) is 0 Å². The van der Waals surface area contributed by atoms with Gasteiger partial charge in [0, 0.05) is 5.69 Å². The van der Waals surface area contributed by atoms with Crippen LogP contribution in [0.2, 0.25) is 0 Å². The summed E-state index contributed by atoms with van der Waals surface area (Å²) in [6, 6.07) is 4.11. The van der Waals surface area contributed by atoms with Crippen LogP contribution >= 0.6 is 0 Å². The molecule has 0 aromatic heterocycles. The summed E-state index contributed by atoms with van der Waals surface area (Å²) >= 11 is 0. The highest BCUT2D eigenvalue weighted by Gasteiger charge is 2.27. The molecule has 1 aromatic carbocycles.